The van der Waals surface area contributed by atoms with Crippen LogP contribution in [0.3, 0.4) is 0 Å². The number of pyridine rings is 2. The largest absolute Gasteiger partial charge is 0.493 e. The lowest BCUT2D eigenvalue weighted by molar-refractivity contribution is -0.121. The number of aromatic nitrogens is 2. The fraction of sp³-hybridized carbons (Fsp3) is 0.348. The number of Topliss-reactive ketones (excluding diaryl/α,β-unsaturated/α-hetero) is 1. The molecule has 0 saturated heterocycles. The number of H-pyrrole nitrogens is 1. The van der Waals surface area contributed by atoms with E-state index in [-0.39, 0.29) is 12.0 Å². The quantitative estimate of drug-likeness (QED) is 0.687. The highest BCUT2D eigenvalue weighted by Gasteiger charge is 2.19. The summed E-state index contributed by atoms with van der Waals surface area (Å²) in [4.78, 5) is 31.4. The molecule has 0 amide bonds. The second kappa shape index (κ2) is 8.47. The van der Waals surface area contributed by atoms with Gasteiger partial charge in [-0.15, -0.1) is 0 Å². The molecule has 0 atom stereocenters. The van der Waals surface area contributed by atoms with E-state index in [0.29, 0.717) is 53.7 Å². The molecule has 6 nitrogen and oxygen atoms in total. The van der Waals surface area contributed by atoms with Crippen LogP contribution >= 0.6 is 0 Å². The molecule has 1 aromatic carbocycles. The summed E-state index contributed by atoms with van der Waals surface area (Å²) in [6, 6.07) is 11.0. The van der Waals surface area contributed by atoms with Gasteiger partial charge in [-0.2, -0.15) is 0 Å². The van der Waals surface area contributed by atoms with Crippen molar-refractivity contribution in [3.05, 3.63) is 64.1 Å². The Morgan fingerprint density at radius 1 is 1.10 bits per heavy atom. The summed E-state index contributed by atoms with van der Waals surface area (Å²) in [5, 5.41) is 0.673. The van der Waals surface area contributed by atoms with Gasteiger partial charge in [0.2, 0.25) is 5.88 Å². The molecule has 0 radical (unpaired) electrons. The number of carbonyl (C=O) groups is 1. The van der Waals surface area contributed by atoms with Crippen molar-refractivity contribution in [2.24, 2.45) is 5.92 Å². The third-order valence-corrected chi connectivity index (χ3v) is 5.47. The SMILES string of the molecule is Cc1c(COc2cc(OCC3CCC(=O)CC3)ccn2)[nH]c2ccccc2c1=O. The average molecular weight is 392 g/mol. The van der Waals surface area contributed by atoms with Gasteiger partial charge in [-0.1, -0.05) is 12.1 Å². The molecule has 1 fully saturated rings. The molecule has 6 heteroatoms. The number of nitrogens with zero attached hydrogens (tertiary/aromatic N) is 1. The van der Waals surface area contributed by atoms with Crippen LogP contribution in [0.4, 0.5) is 0 Å². The number of fused-ring (bicyclic) bond motifs is 1. The van der Waals surface area contributed by atoms with Crippen LogP contribution < -0.4 is 14.9 Å². The molecule has 3 aromatic rings. The number of hydrogen-bond donors (Lipinski definition) is 1. The van der Waals surface area contributed by atoms with Gasteiger partial charge in [-0.05, 0) is 43.9 Å². The third kappa shape index (κ3) is 4.47. The van der Waals surface area contributed by atoms with Crippen LogP contribution in [0.1, 0.15) is 36.9 Å². The molecular formula is C23H24N2O4. The van der Waals surface area contributed by atoms with Gasteiger partial charge in [0.1, 0.15) is 18.1 Å². The second-order valence-corrected chi connectivity index (χ2v) is 7.51. The third-order valence-electron chi connectivity index (χ3n) is 5.47. The van der Waals surface area contributed by atoms with Gasteiger partial charge in [0.05, 0.1) is 12.3 Å². The van der Waals surface area contributed by atoms with Crippen LogP contribution in [-0.2, 0) is 11.4 Å². The molecule has 0 unspecified atom stereocenters. The normalized spacial score (nSPS) is 14.9. The number of aromatic amines is 1. The van der Waals surface area contributed by atoms with E-state index < -0.39 is 0 Å². The maximum absolute atomic E-state index is 12.5. The fourth-order valence-electron chi connectivity index (χ4n) is 3.62. The summed E-state index contributed by atoms with van der Waals surface area (Å²) in [5.41, 5.74) is 2.17. The standard InChI is InChI=1S/C23H24N2O4/c1-15-21(25-20-5-3-2-4-19(20)23(15)27)14-29-22-12-18(10-11-24-22)28-13-16-6-8-17(26)9-7-16/h2-5,10-12,16H,6-9,13-14H2,1H3,(H,25,27). The van der Waals surface area contributed by atoms with E-state index in [1.807, 2.05) is 24.3 Å². The van der Waals surface area contributed by atoms with Crippen molar-refractivity contribution in [1.29, 1.82) is 0 Å². The van der Waals surface area contributed by atoms with Crippen molar-refractivity contribution in [3.8, 4) is 11.6 Å². The molecule has 150 valence electrons. The van der Waals surface area contributed by atoms with E-state index in [1.165, 1.54) is 0 Å². The Bertz CT molecular complexity index is 1080. The zero-order chi connectivity index (χ0) is 20.2. The number of hydrogen-bond acceptors (Lipinski definition) is 5. The maximum atomic E-state index is 12.5. The smallest absolute Gasteiger partial charge is 0.217 e. The summed E-state index contributed by atoms with van der Waals surface area (Å²) in [6.45, 7) is 2.60. The monoisotopic (exact) mass is 392 g/mol. The number of benzene rings is 1. The minimum absolute atomic E-state index is 0.00829. The molecule has 1 aliphatic carbocycles. The topological polar surface area (TPSA) is 81.3 Å². The highest BCUT2D eigenvalue weighted by Crippen LogP contribution is 2.24. The van der Waals surface area contributed by atoms with Gasteiger partial charge >= 0.3 is 0 Å². The Morgan fingerprint density at radius 2 is 1.90 bits per heavy atom. The van der Waals surface area contributed by atoms with Crippen molar-refractivity contribution < 1.29 is 14.3 Å². The van der Waals surface area contributed by atoms with E-state index >= 15 is 0 Å². The number of rotatable bonds is 6. The molecule has 2 aromatic heterocycles. The molecule has 2 heterocycles. The minimum atomic E-state index is 0.00829. The van der Waals surface area contributed by atoms with Crippen LogP contribution in [0.25, 0.3) is 10.9 Å². The molecule has 0 spiro atoms. The average Bonchev–Trinajstić information content (AvgIpc) is 2.75. The summed E-state index contributed by atoms with van der Waals surface area (Å²) in [5.74, 6) is 1.89. The van der Waals surface area contributed by atoms with E-state index in [9.17, 15) is 9.59 Å². The van der Waals surface area contributed by atoms with Crippen molar-refractivity contribution in [3.63, 3.8) is 0 Å². The molecule has 1 N–H and O–H groups in total. The zero-order valence-electron chi connectivity index (χ0n) is 16.4. The second-order valence-electron chi connectivity index (χ2n) is 7.51. The van der Waals surface area contributed by atoms with E-state index in [2.05, 4.69) is 9.97 Å². The number of ketones is 1. The van der Waals surface area contributed by atoms with Gasteiger partial charge in [-0.3, -0.25) is 9.59 Å². The molecule has 0 bridgehead atoms. The number of para-hydroxylation sites is 1. The van der Waals surface area contributed by atoms with Gasteiger partial charge < -0.3 is 14.5 Å². The molecule has 1 saturated carbocycles. The summed E-state index contributed by atoms with van der Waals surface area (Å²) in [6.07, 6.45) is 4.74. The van der Waals surface area contributed by atoms with E-state index in [1.54, 1.807) is 25.3 Å². The lowest BCUT2D eigenvalue weighted by Gasteiger charge is -2.21. The Morgan fingerprint density at radius 3 is 2.72 bits per heavy atom. The Kier molecular flexibility index (Phi) is 5.60. The van der Waals surface area contributed by atoms with Gasteiger partial charge in [0, 0.05) is 41.6 Å². The Hall–Kier alpha value is -3.15. The number of ether oxygens (including phenoxy) is 2. The van der Waals surface area contributed by atoms with Gasteiger partial charge in [-0.25, -0.2) is 4.98 Å². The first-order valence-electron chi connectivity index (χ1n) is 9.94. The van der Waals surface area contributed by atoms with Crippen LogP contribution in [-0.4, -0.2) is 22.4 Å². The van der Waals surface area contributed by atoms with E-state index in [0.717, 1.165) is 24.1 Å². The van der Waals surface area contributed by atoms with Crippen LogP contribution in [0.5, 0.6) is 11.6 Å². The fourth-order valence-corrected chi connectivity index (χ4v) is 3.62. The lowest BCUT2D eigenvalue weighted by atomic mass is 9.89. The Labute approximate surface area is 168 Å². The van der Waals surface area contributed by atoms with Crippen LogP contribution in [0.15, 0.2) is 47.4 Å². The first-order valence-corrected chi connectivity index (χ1v) is 9.94. The van der Waals surface area contributed by atoms with Crippen molar-refractivity contribution in [1.82, 2.24) is 9.97 Å². The molecular weight excluding hydrogens is 368 g/mol. The molecule has 29 heavy (non-hydrogen) atoms. The zero-order valence-corrected chi connectivity index (χ0v) is 16.4. The maximum Gasteiger partial charge on any atom is 0.217 e. The van der Waals surface area contributed by atoms with Crippen LogP contribution in [0, 0.1) is 12.8 Å². The lowest BCUT2D eigenvalue weighted by Crippen LogP contribution is -2.19. The summed E-state index contributed by atoms with van der Waals surface area (Å²) in [7, 11) is 0. The highest BCUT2D eigenvalue weighted by molar-refractivity contribution is 5.79. The predicted molar refractivity (Wildman–Crippen MR) is 110 cm³/mol. The minimum Gasteiger partial charge on any atom is -0.493 e. The van der Waals surface area contributed by atoms with Gasteiger partial charge in [0.15, 0.2) is 5.43 Å². The number of nitrogens with one attached hydrogen (secondary N) is 1. The van der Waals surface area contributed by atoms with Crippen LogP contribution in [0.2, 0.25) is 0 Å². The predicted octanol–water partition coefficient (Wildman–Crippen LogP) is 3.95. The molecule has 4 rings (SSSR count). The molecule has 0 aliphatic heterocycles. The number of carbonyl (C=O) groups excluding carboxylic acids is 1. The summed E-state index contributed by atoms with van der Waals surface area (Å²) >= 11 is 0. The highest BCUT2D eigenvalue weighted by atomic mass is 16.5. The molecule has 1 aliphatic rings. The first-order chi connectivity index (χ1) is 14.1. The van der Waals surface area contributed by atoms with Crippen molar-refractivity contribution in [2.45, 2.75) is 39.2 Å². The summed E-state index contributed by atoms with van der Waals surface area (Å²) < 4.78 is 11.7. The first kappa shape index (κ1) is 19.2. The van der Waals surface area contributed by atoms with Gasteiger partial charge in [0.25, 0.3) is 0 Å². The van der Waals surface area contributed by atoms with E-state index in [4.69, 9.17) is 9.47 Å². The van der Waals surface area contributed by atoms with Crippen molar-refractivity contribution in [2.75, 3.05) is 6.61 Å². The van der Waals surface area contributed by atoms with Crippen molar-refractivity contribution >= 4 is 16.7 Å². The Balaban J connectivity index is 1.41.